The summed E-state index contributed by atoms with van der Waals surface area (Å²) in [5.74, 6) is -0.622. The van der Waals surface area contributed by atoms with Crippen LogP contribution in [0.25, 0.3) is 11.4 Å². The zero-order chi connectivity index (χ0) is 13.3. The van der Waals surface area contributed by atoms with Crippen molar-refractivity contribution in [2.45, 2.75) is 13.0 Å². The first kappa shape index (κ1) is 13.2. The Hall–Kier alpha value is -1.22. The standard InChI is InChI=1S/C10H8ClIN4O2/c1-5(10(17)18)16-9(13-14-15-16)6-2-3-8(12)7(11)4-6/h2-5H,1H3,(H,17,18). The quantitative estimate of drug-likeness (QED) is 0.829. The summed E-state index contributed by atoms with van der Waals surface area (Å²) in [5, 5.41) is 20.6. The summed E-state index contributed by atoms with van der Waals surface area (Å²) in [7, 11) is 0. The van der Waals surface area contributed by atoms with Crippen molar-refractivity contribution in [2.75, 3.05) is 0 Å². The number of benzene rings is 1. The van der Waals surface area contributed by atoms with Crippen LogP contribution < -0.4 is 0 Å². The zero-order valence-electron chi connectivity index (χ0n) is 9.21. The van der Waals surface area contributed by atoms with Crippen molar-refractivity contribution in [1.82, 2.24) is 20.2 Å². The van der Waals surface area contributed by atoms with Crippen LogP contribution >= 0.6 is 34.2 Å². The number of nitrogens with zero attached hydrogens (tertiary/aromatic N) is 4. The van der Waals surface area contributed by atoms with Gasteiger partial charge >= 0.3 is 5.97 Å². The average molecular weight is 379 g/mol. The molecule has 1 heterocycles. The number of carboxylic acids is 1. The third kappa shape index (κ3) is 2.46. The molecule has 1 N–H and O–H groups in total. The monoisotopic (exact) mass is 378 g/mol. The van der Waals surface area contributed by atoms with Crippen molar-refractivity contribution < 1.29 is 9.90 Å². The van der Waals surface area contributed by atoms with Crippen molar-refractivity contribution in [3.63, 3.8) is 0 Å². The number of halogens is 2. The summed E-state index contributed by atoms with van der Waals surface area (Å²) in [4.78, 5) is 11.0. The van der Waals surface area contributed by atoms with E-state index in [0.717, 1.165) is 3.57 Å². The van der Waals surface area contributed by atoms with Crippen molar-refractivity contribution in [2.24, 2.45) is 0 Å². The van der Waals surface area contributed by atoms with Crippen LogP contribution in [0.2, 0.25) is 5.02 Å². The highest BCUT2D eigenvalue weighted by Crippen LogP contribution is 2.26. The maximum Gasteiger partial charge on any atom is 0.328 e. The predicted molar refractivity (Wildman–Crippen MR) is 73.3 cm³/mol. The molecule has 1 atom stereocenters. The van der Waals surface area contributed by atoms with E-state index >= 15 is 0 Å². The van der Waals surface area contributed by atoms with E-state index in [-0.39, 0.29) is 0 Å². The lowest BCUT2D eigenvalue weighted by Gasteiger charge is -2.09. The van der Waals surface area contributed by atoms with Crippen molar-refractivity contribution in [3.8, 4) is 11.4 Å². The molecular weight excluding hydrogens is 370 g/mol. The van der Waals surface area contributed by atoms with Gasteiger partial charge in [-0.2, -0.15) is 0 Å². The van der Waals surface area contributed by atoms with E-state index in [0.29, 0.717) is 16.4 Å². The lowest BCUT2D eigenvalue weighted by Crippen LogP contribution is -2.18. The number of tetrazole rings is 1. The molecule has 0 aliphatic rings. The fourth-order valence-electron chi connectivity index (χ4n) is 1.38. The number of carboxylic acid groups (broad SMARTS) is 1. The normalized spacial score (nSPS) is 12.4. The van der Waals surface area contributed by atoms with Crippen LogP contribution in [0.4, 0.5) is 0 Å². The van der Waals surface area contributed by atoms with Gasteiger partial charge in [-0.15, -0.1) is 5.10 Å². The molecule has 0 fully saturated rings. The summed E-state index contributed by atoms with van der Waals surface area (Å²) in [6, 6.07) is 4.49. The smallest absolute Gasteiger partial charge is 0.328 e. The third-order valence-corrected chi connectivity index (χ3v) is 3.97. The molecule has 0 saturated carbocycles. The molecule has 0 aliphatic carbocycles. The Morgan fingerprint density at radius 3 is 2.89 bits per heavy atom. The maximum absolute atomic E-state index is 11.0. The van der Waals surface area contributed by atoms with Crippen molar-refractivity contribution in [1.29, 1.82) is 0 Å². The number of rotatable bonds is 3. The number of aromatic nitrogens is 4. The third-order valence-electron chi connectivity index (χ3n) is 2.39. The second-order valence-electron chi connectivity index (χ2n) is 3.59. The van der Waals surface area contributed by atoms with E-state index in [4.69, 9.17) is 16.7 Å². The molecule has 8 heteroatoms. The fraction of sp³-hybridized carbons (Fsp3) is 0.200. The van der Waals surface area contributed by atoms with E-state index in [2.05, 4.69) is 38.1 Å². The van der Waals surface area contributed by atoms with Gasteiger partial charge < -0.3 is 5.11 Å². The van der Waals surface area contributed by atoms with Gasteiger partial charge in [0.2, 0.25) is 0 Å². The van der Waals surface area contributed by atoms with Gasteiger partial charge in [-0.3, -0.25) is 0 Å². The minimum absolute atomic E-state index is 0.378. The molecule has 0 bridgehead atoms. The second-order valence-corrected chi connectivity index (χ2v) is 5.16. The highest BCUT2D eigenvalue weighted by atomic mass is 127. The Morgan fingerprint density at radius 1 is 1.56 bits per heavy atom. The van der Waals surface area contributed by atoms with E-state index < -0.39 is 12.0 Å². The summed E-state index contributed by atoms with van der Waals surface area (Å²) in [6.45, 7) is 1.51. The van der Waals surface area contributed by atoms with Crippen LogP contribution in [-0.2, 0) is 4.79 Å². The maximum atomic E-state index is 11.0. The van der Waals surface area contributed by atoms with Crippen molar-refractivity contribution >= 4 is 40.2 Å². The molecule has 1 aromatic heterocycles. The van der Waals surface area contributed by atoms with Crippen molar-refractivity contribution in [3.05, 3.63) is 26.8 Å². The molecule has 0 saturated heterocycles. The van der Waals surface area contributed by atoms with Gasteiger partial charge in [0.05, 0.1) is 5.02 Å². The molecule has 1 unspecified atom stereocenters. The zero-order valence-corrected chi connectivity index (χ0v) is 12.1. The SMILES string of the molecule is CC(C(=O)O)n1nnnc1-c1ccc(I)c(Cl)c1. The Kier molecular flexibility index (Phi) is 3.81. The van der Waals surface area contributed by atoms with Gasteiger partial charge in [0.1, 0.15) is 0 Å². The minimum atomic E-state index is -1.000. The molecule has 1 aromatic carbocycles. The number of hydrogen-bond donors (Lipinski definition) is 1. The molecule has 2 aromatic rings. The Morgan fingerprint density at radius 2 is 2.28 bits per heavy atom. The molecule has 18 heavy (non-hydrogen) atoms. The van der Waals surface area contributed by atoms with Gasteiger partial charge in [-0.05, 0) is 58.1 Å². The van der Waals surface area contributed by atoms with Crippen LogP contribution in [0, 0.1) is 3.57 Å². The van der Waals surface area contributed by atoms with Crippen LogP contribution in [0.3, 0.4) is 0 Å². The van der Waals surface area contributed by atoms with E-state index in [9.17, 15) is 4.79 Å². The van der Waals surface area contributed by atoms with Gasteiger partial charge in [0.25, 0.3) is 0 Å². The Bertz CT molecular complexity index is 601. The summed E-state index contributed by atoms with van der Waals surface area (Å²) >= 11 is 8.13. The van der Waals surface area contributed by atoms with Gasteiger partial charge in [0, 0.05) is 9.13 Å². The summed E-state index contributed by atoms with van der Waals surface area (Å²) < 4.78 is 2.16. The topological polar surface area (TPSA) is 80.9 Å². The van der Waals surface area contributed by atoms with Gasteiger partial charge in [-0.1, -0.05) is 11.6 Å². The van der Waals surface area contributed by atoms with Crippen LogP contribution in [0.1, 0.15) is 13.0 Å². The second kappa shape index (κ2) is 5.19. The first-order chi connectivity index (χ1) is 8.50. The summed E-state index contributed by atoms with van der Waals surface area (Å²) in [6.07, 6.45) is 0. The Labute approximate surface area is 121 Å². The minimum Gasteiger partial charge on any atom is -0.480 e. The lowest BCUT2D eigenvalue weighted by molar-refractivity contribution is -0.140. The van der Waals surface area contributed by atoms with E-state index in [1.807, 2.05) is 6.07 Å². The van der Waals surface area contributed by atoms with E-state index in [1.165, 1.54) is 11.6 Å². The molecule has 0 radical (unpaired) electrons. The molecule has 0 amide bonds. The lowest BCUT2D eigenvalue weighted by atomic mass is 10.2. The first-order valence-electron chi connectivity index (χ1n) is 4.97. The molecule has 0 spiro atoms. The highest BCUT2D eigenvalue weighted by Gasteiger charge is 2.20. The average Bonchev–Trinajstić information content (AvgIpc) is 2.80. The van der Waals surface area contributed by atoms with Gasteiger partial charge in [-0.25, -0.2) is 9.48 Å². The van der Waals surface area contributed by atoms with Gasteiger partial charge in [0.15, 0.2) is 11.9 Å². The summed E-state index contributed by atoms with van der Waals surface area (Å²) in [5.41, 5.74) is 0.679. The fourth-order valence-corrected chi connectivity index (χ4v) is 1.90. The molecule has 2 rings (SSSR count). The Balaban J connectivity index is 2.48. The van der Waals surface area contributed by atoms with Crippen LogP contribution in [0.5, 0.6) is 0 Å². The predicted octanol–water partition coefficient (Wildman–Crippen LogP) is 2.24. The molecule has 0 aliphatic heterocycles. The molecule has 94 valence electrons. The van der Waals surface area contributed by atoms with E-state index in [1.54, 1.807) is 12.1 Å². The molecule has 6 nitrogen and oxygen atoms in total. The van der Waals surface area contributed by atoms with Crippen LogP contribution in [0.15, 0.2) is 18.2 Å². The largest absolute Gasteiger partial charge is 0.480 e. The highest BCUT2D eigenvalue weighted by molar-refractivity contribution is 14.1. The van der Waals surface area contributed by atoms with Crippen LogP contribution in [-0.4, -0.2) is 31.3 Å². The number of aliphatic carboxylic acids is 1. The first-order valence-corrected chi connectivity index (χ1v) is 6.42. The molecular formula is C10H8ClIN4O2. The number of hydrogen-bond acceptors (Lipinski definition) is 4. The number of carbonyl (C=O) groups is 1.